The maximum atomic E-state index is 13.9. The molecule has 44 heavy (non-hydrogen) atoms. The van der Waals surface area contributed by atoms with Crippen LogP contribution in [0.4, 0.5) is 4.39 Å². The van der Waals surface area contributed by atoms with Crippen molar-refractivity contribution in [2.75, 3.05) is 20.6 Å². The molecule has 1 aliphatic rings. The summed E-state index contributed by atoms with van der Waals surface area (Å²) in [5, 5.41) is 4.63. The second-order valence-corrected chi connectivity index (χ2v) is 11.6. The Morgan fingerprint density at radius 2 is 1.36 bits per heavy atom. The van der Waals surface area contributed by atoms with E-state index in [4.69, 9.17) is 9.57 Å². The number of hydrogen-bond donors (Lipinski definition) is 0. The summed E-state index contributed by atoms with van der Waals surface area (Å²) in [5.41, 5.74) is 5.50. The number of hydrogen-bond acceptors (Lipinski definition) is 4. The van der Waals surface area contributed by atoms with Crippen LogP contribution < -0.4 is 0 Å². The molecule has 1 atom stereocenters. The van der Waals surface area contributed by atoms with Crippen LogP contribution in [-0.2, 0) is 27.4 Å². The standard InChI is InChI=1S/C39H37FN2O2/c1-42(2)26-12-25-38(32-20-22-36(40)23-21-32)37-24-19-30(27-31(37)29-43-38)28-41-44-39(33-13-6-3-7-14-33,34-15-8-4-9-16-34)35-17-10-5-11-18-35/h3-11,13-24,27-28H,12,25-26,29H2,1-2H3/b41-28-. The van der Waals surface area contributed by atoms with Gasteiger partial charge in [-0.15, -0.1) is 0 Å². The molecule has 0 bridgehead atoms. The van der Waals surface area contributed by atoms with Crippen LogP contribution in [0.3, 0.4) is 0 Å². The summed E-state index contributed by atoms with van der Waals surface area (Å²) >= 11 is 0. The van der Waals surface area contributed by atoms with Gasteiger partial charge in [0.25, 0.3) is 0 Å². The van der Waals surface area contributed by atoms with Crippen molar-refractivity contribution in [1.29, 1.82) is 0 Å². The van der Waals surface area contributed by atoms with Gasteiger partial charge in [0.15, 0.2) is 0 Å². The highest BCUT2D eigenvalue weighted by atomic mass is 19.1. The van der Waals surface area contributed by atoms with Gasteiger partial charge in [-0.25, -0.2) is 4.39 Å². The lowest BCUT2D eigenvalue weighted by Gasteiger charge is -2.33. The second-order valence-electron chi connectivity index (χ2n) is 11.6. The number of halogens is 1. The lowest BCUT2D eigenvalue weighted by Crippen LogP contribution is -2.31. The number of nitrogens with zero attached hydrogens (tertiary/aromatic N) is 2. The maximum absolute atomic E-state index is 13.9. The Morgan fingerprint density at radius 3 is 1.91 bits per heavy atom. The Balaban J connectivity index is 1.35. The van der Waals surface area contributed by atoms with Gasteiger partial charge in [-0.05, 0) is 73.9 Å². The molecule has 0 radical (unpaired) electrons. The summed E-state index contributed by atoms with van der Waals surface area (Å²) in [5.74, 6) is -0.250. The highest BCUT2D eigenvalue weighted by molar-refractivity contribution is 5.80. The molecule has 1 unspecified atom stereocenters. The summed E-state index contributed by atoms with van der Waals surface area (Å²) in [4.78, 5) is 8.78. The van der Waals surface area contributed by atoms with Gasteiger partial charge in [0.1, 0.15) is 11.4 Å². The first kappa shape index (κ1) is 29.5. The molecule has 0 amide bonds. The molecule has 6 rings (SSSR count). The van der Waals surface area contributed by atoms with Crippen molar-refractivity contribution in [2.24, 2.45) is 5.16 Å². The van der Waals surface area contributed by atoms with Crippen LogP contribution in [0.1, 0.15) is 51.8 Å². The number of ether oxygens (including phenoxy) is 1. The highest BCUT2D eigenvalue weighted by Gasteiger charge is 2.42. The molecule has 1 heterocycles. The third kappa shape index (κ3) is 5.81. The topological polar surface area (TPSA) is 34.1 Å². The Hall–Kier alpha value is -4.58. The molecular formula is C39H37FN2O2. The van der Waals surface area contributed by atoms with E-state index >= 15 is 0 Å². The van der Waals surface area contributed by atoms with Gasteiger partial charge < -0.3 is 14.5 Å². The summed E-state index contributed by atoms with van der Waals surface area (Å²) in [6.45, 7) is 1.41. The minimum absolute atomic E-state index is 0.250. The van der Waals surface area contributed by atoms with Crippen molar-refractivity contribution in [3.8, 4) is 0 Å². The molecule has 0 aromatic heterocycles. The van der Waals surface area contributed by atoms with E-state index in [2.05, 4.69) is 78.7 Å². The zero-order valence-electron chi connectivity index (χ0n) is 25.2. The van der Waals surface area contributed by atoms with E-state index in [-0.39, 0.29) is 5.82 Å². The molecule has 0 N–H and O–H groups in total. The van der Waals surface area contributed by atoms with Crippen molar-refractivity contribution in [1.82, 2.24) is 4.90 Å². The van der Waals surface area contributed by atoms with E-state index in [1.54, 1.807) is 6.21 Å². The fraction of sp³-hybridized carbons (Fsp3) is 0.205. The normalized spacial score (nSPS) is 16.4. The van der Waals surface area contributed by atoms with Gasteiger partial charge >= 0.3 is 0 Å². The molecule has 0 aliphatic carbocycles. The van der Waals surface area contributed by atoms with Crippen LogP contribution >= 0.6 is 0 Å². The summed E-state index contributed by atoms with van der Waals surface area (Å²) in [6.07, 6.45) is 3.52. The van der Waals surface area contributed by atoms with Crippen LogP contribution in [0.5, 0.6) is 0 Å². The zero-order chi connectivity index (χ0) is 30.4. The van der Waals surface area contributed by atoms with Crippen molar-refractivity contribution in [3.63, 3.8) is 0 Å². The predicted molar refractivity (Wildman–Crippen MR) is 174 cm³/mol. The Labute approximate surface area is 259 Å². The molecule has 4 nitrogen and oxygen atoms in total. The molecule has 5 heteroatoms. The predicted octanol–water partition coefficient (Wildman–Crippen LogP) is 8.28. The largest absolute Gasteiger partial charge is 0.375 e. The summed E-state index contributed by atoms with van der Waals surface area (Å²) in [7, 11) is 4.15. The summed E-state index contributed by atoms with van der Waals surface area (Å²) < 4.78 is 20.4. The SMILES string of the molecule is CN(C)CCCC1(c2ccc(F)cc2)OCc2cc(/C=N\OC(c3ccccc3)(c3ccccc3)c3ccccc3)ccc21. The van der Waals surface area contributed by atoms with Crippen LogP contribution in [0, 0.1) is 5.82 Å². The van der Waals surface area contributed by atoms with Crippen molar-refractivity contribution in [3.05, 3.63) is 178 Å². The average molecular weight is 585 g/mol. The van der Waals surface area contributed by atoms with E-state index in [0.29, 0.717) is 6.61 Å². The number of oxime groups is 1. The van der Waals surface area contributed by atoms with Gasteiger partial charge in [0.05, 0.1) is 12.8 Å². The van der Waals surface area contributed by atoms with Crippen molar-refractivity contribution < 1.29 is 14.0 Å². The molecule has 0 fully saturated rings. The lowest BCUT2D eigenvalue weighted by atomic mass is 9.80. The van der Waals surface area contributed by atoms with Crippen LogP contribution in [0.2, 0.25) is 0 Å². The third-order valence-corrected chi connectivity index (χ3v) is 8.42. The zero-order valence-corrected chi connectivity index (χ0v) is 25.2. The number of benzene rings is 5. The first-order valence-corrected chi connectivity index (χ1v) is 15.1. The van der Waals surface area contributed by atoms with Crippen LogP contribution in [0.25, 0.3) is 0 Å². The molecule has 0 saturated heterocycles. The Kier molecular flexibility index (Phi) is 8.69. The van der Waals surface area contributed by atoms with Gasteiger partial charge in [-0.2, -0.15) is 0 Å². The fourth-order valence-electron chi connectivity index (χ4n) is 6.28. The molecule has 1 aliphatic heterocycles. The minimum Gasteiger partial charge on any atom is -0.375 e. The first-order chi connectivity index (χ1) is 21.5. The third-order valence-electron chi connectivity index (χ3n) is 8.42. The molecule has 5 aromatic carbocycles. The second kappa shape index (κ2) is 13.0. The number of rotatable bonds is 11. The van der Waals surface area contributed by atoms with E-state index in [9.17, 15) is 4.39 Å². The van der Waals surface area contributed by atoms with Crippen LogP contribution in [0.15, 0.2) is 139 Å². The fourth-order valence-corrected chi connectivity index (χ4v) is 6.28. The van der Waals surface area contributed by atoms with Crippen LogP contribution in [-0.4, -0.2) is 31.8 Å². The van der Waals surface area contributed by atoms with Gasteiger partial charge in [0.2, 0.25) is 5.60 Å². The van der Waals surface area contributed by atoms with E-state index in [1.807, 2.05) is 66.7 Å². The molecule has 5 aromatic rings. The molecular weight excluding hydrogens is 547 g/mol. The quantitative estimate of drug-likeness (QED) is 0.0890. The molecule has 0 saturated carbocycles. The van der Waals surface area contributed by atoms with Gasteiger partial charge in [-0.1, -0.05) is 120 Å². The van der Waals surface area contributed by atoms with Gasteiger partial charge in [0, 0.05) is 16.7 Å². The Bertz CT molecular complexity index is 1590. The first-order valence-electron chi connectivity index (χ1n) is 15.1. The number of fused-ring (bicyclic) bond motifs is 1. The smallest absolute Gasteiger partial charge is 0.212 e. The van der Waals surface area contributed by atoms with E-state index in [0.717, 1.165) is 58.3 Å². The van der Waals surface area contributed by atoms with E-state index < -0.39 is 11.2 Å². The summed E-state index contributed by atoms with van der Waals surface area (Å²) in [6, 6.07) is 43.6. The van der Waals surface area contributed by atoms with Crippen molar-refractivity contribution >= 4 is 6.21 Å². The van der Waals surface area contributed by atoms with E-state index in [1.165, 1.54) is 12.1 Å². The van der Waals surface area contributed by atoms with Crippen molar-refractivity contribution in [2.45, 2.75) is 30.7 Å². The minimum atomic E-state index is -0.940. The Morgan fingerprint density at radius 1 is 0.795 bits per heavy atom. The molecule has 222 valence electrons. The highest BCUT2D eigenvalue weighted by Crippen LogP contribution is 2.46. The average Bonchev–Trinajstić information content (AvgIpc) is 3.43. The monoisotopic (exact) mass is 584 g/mol. The maximum Gasteiger partial charge on any atom is 0.212 e. The van der Waals surface area contributed by atoms with Gasteiger partial charge in [-0.3, -0.25) is 0 Å². The lowest BCUT2D eigenvalue weighted by molar-refractivity contribution is -0.0140. The molecule has 0 spiro atoms.